The number of hydrogen-bond acceptors (Lipinski definition) is 5. The first kappa shape index (κ1) is 21.0. The third-order valence-electron chi connectivity index (χ3n) is 3.77. The van der Waals surface area contributed by atoms with Gasteiger partial charge in [0.1, 0.15) is 0 Å². The fourth-order valence-corrected chi connectivity index (χ4v) is 3.93. The molecule has 0 atom stereocenters. The molecule has 0 radical (unpaired) electrons. The molecule has 3 N–H and O–H groups in total. The predicted octanol–water partition coefficient (Wildman–Crippen LogP) is 4.85. The van der Waals surface area contributed by atoms with Gasteiger partial charge >= 0.3 is 0 Å². The number of benzene rings is 2. The minimum Gasteiger partial charge on any atom is -0.493 e. The van der Waals surface area contributed by atoms with Crippen LogP contribution in [-0.2, 0) is 4.79 Å². The second-order valence-corrected chi connectivity index (χ2v) is 7.85. The molecule has 3 aromatic rings. The number of primary amides is 1. The maximum Gasteiger partial charge on any atom is 0.265 e. The summed E-state index contributed by atoms with van der Waals surface area (Å²) >= 11 is 13.4. The Hall–Kier alpha value is -2.74. The van der Waals surface area contributed by atoms with Crippen LogP contribution in [0.15, 0.2) is 48.5 Å². The van der Waals surface area contributed by atoms with Crippen molar-refractivity contribution < 1.29 is 19.1 Å². The van der Waals surface area contributed by atoms with E-state index in [9.17, 15) is 9.59 Å². The molecule has 0 bridgehead atoms. The highest BCUT2D eigenvalue weighted by Gasteiger charge is 2.14. The number of anilines is 1. The molecular weight excluding hydrogens is 435 g/mol. The number of hydrogen-bond donors (Lipinski definition) is 2. The van der Waals surface area contributed by atoms with E-state index in [0.717, 1.165) is 10.4 Å². The van der Waals surface area contributed by atoms with Crippen molar-refractivity contribution in [2.45, 2.75) is 0 Å². The maximum absolute atomic E-state index is 12.6. The number of amides is 2. The summed E-state index contributed by atoms with van der Waals surface area (Å²) in [5.74, 6) is -0.195. The van der Waals surface area contributed by atoms with Gasteiger partial charge in [0.05, 0.1) is 12.0 Å². The minimum atomic E-state index is -0.617. The van der Waals surface area contributed by atoms with Gasteiger partial charge in [-0.3, -0.25) is 9.59 Å². The second-order valence-electron chi connectivity index (χ2n) is 5.90. The number of nitrogens with two attached hydrogens (primary N) is 1. The average Bonchev–Trinajstić information content (AvgIpc) is 3.16. The van der Waals surface area contributed by atoms with Crippen LogP contribution in [0.25, 0.3) is 10.4 Å². The van der Waals surface area contributed by atoms with Gasteiger partial charge in [-0.25, -0.2) is 0 Å². The van der Waals surface area contributed by atoms with E-state index in [1.807, 2.05) is 6.07 Å². The summed E-state index contributed by atoms with van der Waals surface area (Å²) in [7, 11) is 1.47. The van der Waals surface area contributed by atoms with Gasteiger partial charge in [-0.05, 0) is 48.0 Å². The molecule has 0 aliphatic carbocycles. The van der Waals surface area contributed by atoms with Crippen molar-refractivity contribution in [1.82, 2.24) is 0 Å². The number of halogens is 2. The first-order chi connectivity index (χ1) is 13.9. The Labute approximate surface area is 181 Å². The van der Waals surface area contributed by atoms with Crippen LogP contribution < -0.4 is 20.5 Å². The number of ether oxygens (including phenoxy) is 2. The SMILES string of the molecule is COc1ccc(NC(=O)c2ccc(-c3cc(Cl)cc(Cl)c3)s2)cc1OCC(N)=O. The van der Waals surface area contributed by atoms with E-state index >= 15 is 0 Å². The van der Waals surface area contributed by atoms with Crippen LogP contribution in [0, 0.1) is 0 Å². The molecule has 1 heterocycles. The molecule has 0 spiro atoms. The number of thiophene rings is 1. The minimum absolute atomic E-state index is 0.291. The smallest absolute Gasteiger partial charge is 0.265 e. The number of methoxy groups -OCH3 is 1. The van der Waals surface area contributed by atoms with E-state index in [-0.39, 0.29) is 12.5 Å². The molecule has 0 aliphatic rings. The van der Waals surface area contributed by atoms with Crippen LogP contribution in [0.4, 0.5) is 5.69 Å². The molecule has 150 valence electrons. The van der Waals surface area contributed by atoms with Crippen molar-refractivity contribution in [2.75, 3.05) is 19.0 Å². The van der Waals surface area contributed by atoms with Crippen LogP contribution in [0.3, 0.4) is 0 Å². The number of nitrogens with one attached hydrogen (secondary N) is 1. The summed E-state index contributed by atoms with van der Waals surface area (Å²) in [6, 6.07) is 13.6. The summed E-state index contributed by atoms with van der Waals surface area (Å²) < 4.78 is 10.5. The van der Waals surface area contributed by atoms with Gasteiger partial charge in [0, 0.05) is 26.7 Å². The third kappa shape index (κ3) is 5.41. The standard InChI is InChI=1S/C20H16Cl2N2O4S/c1-27-15-3-2-14(9-16(15)28-10-19(23)25)24-20(26)18-5-4-17(29-18)11-6-12(21)8-13(22)7-11/h2-9H,10H2,1H3,(H2,23,25)(H,24,26). The first-order valence-corrected chi connectivity index (χ1v) is 9.90. The lowest BCUT2D eigenvalue weighted by Crippen LogP contribution is -2.20. The van der Waals surface area contributed by atoms with E-state index in [4.69, 9.17) is 38.4 Å². The Morgan fingerprint density at radius 3 is 2.41 bits per heavy atom. The monoisotopic (exact) mass is 450 g/mol. The second kappa shape index (κ2) is 9.17. The summed E-state index contributed by atoms with van der Waals surface area (Å²) in [4.78, 5) is 24.9. The molecule has 1 aromatic heterocycles. The van der Waals surface area contributed by atoms with Crippen LogP contribution >= 0.6 is 34.5 Å². The van der Waals surface area contributed by atoms with Crippen LogP contribution in [0.2, 0.25) is 10.0 Å². The van der Waals surface area contributed by atoms with Gasteiger partial charge in [0.15, 0.2) is 18.1 Å². The van der Waals surface area contributed by atoms with E-state index < -0.39 is 5.91 Å². The molecule has 0 aliphatic heterocycles. The van der Waals surface area contributed by atoms with E-state index in [2.05, 4.69) is 5.32 Å². The first-order valence-electron chi connectivity index (χ1n) is 8.32. The number of carbonyl (C=O) groups is 2. The normalized spacial score (nSPS) is 10.4. The molecule has 0 saturated heterocycles. The largest absolute Gasteiger partial charge is 0.493 e. The van der Waals surface area contributed by atoms with Crippen LogP contribution in [-0.4, -0.2) is 25.5 Å². The highest BCUT2D eigenvalue weighted by atomic mass is 35.5. The highest BCUT2D eigenvalue weighted by molar-refractivity contribution is 7.17. The van der Waals surface area contributed by atoms with Crippen molar-refractivity contribution >= 4 is 52.0 Å². The quantitative estimate of drug-likeness (QED) is 0.538. The Morgan fingerprint density at radius 2 is 1.76 bits per heavy atom. The molecule has 6 nitrogen and oxygen atoms in total. The molecule has 2 aromatic carbocycles. The lowest BCUT2D eigenvalue weighted by molar-refractivity contribution is -0.119. The zero-order valence-corrected chi connectivity index (χ0v) is 17.5. The molecule has 0 fully saturated rings. The summed E-state index contributed by atoms with van der Waals surface area (Å²) in [5, 5.41) is 3.84. The van der Waals surface area contributed by atoms with E-state index in [1.165, 1.54) is 18.4 Å². The van der Waals surface area contributed by atoms with Gasteiger partial charge in [-0.2, -0.15) is 0 Å². The molecule has 3 rings (SSSR count). The molecule has 29 heavy (non-hydrogen) atoms. The Morgan fingerprint density at radius 1 is 1.03 bits per heavy atom. The molecule has 0 saturated carbocycles. The van der Waals surface area contributed by atoms with Crippen LogP contribution in [0.5, 0.6) is 11.5 Å². The number of rotatable bonds is 7. The Kier molecular flexibility index (Phi) is 6.64. The summed E-state index contributed by atoms with van der Waals surface area (Å²) in [6.45, 7) is -0.301. The van der Waals surface area contributed by atoms with Crippen molar-refractivity contribution in [3.63, 3.8) is 0 Å². The van der Waals surface area contributed by atoms with Crippen molar-refractivity contribution in [2.24, 2.45) is 5.73 Å². The maximum atomic E-state index is 12.6. The van der Waals surface area contributed by atoms with Gasteiger partial charge in [0.2, 0.25) is 0 Å². The molecule has 9 heteroatoms. The molecular formula is C20H16Cl2N2O4S. The van der Waals surface area contributed by atoms with E-state index in [1.54, 1.807) is 42.5 Å². The fourth-order valence-electron chi connectivity index (χ4n) is 2.52. The van der Waals surface area contributed by atoms with Crippen LogP contribution in [0.1, 0.15) is 9.67 Å². The summed E-state index contributed by atoms with van der Waals surface area (Å²) in [5.41, 5.74) is 6.42. The van der Waals surface area contributed by atoms with Gasteiger partial charge in [0.25, 0.3) is 11.8 Å². The van der Waals surface area contributed by atoms with Crippen molar-refractivity contribution in [3.05, 3.63) is 63.5 Å². The van der Waals surface area contributed by atoms with Gasteiger partial charge < -0.3 is 20.5 Å². The van der Waals surface area contributed by atoms with Crippen molar-refractivity contribution in [1.29, 1.82) is 0 Å². The van der Waals surface area contributed by atoms with Gasteiger partial charge in [-0.1, -0.05) is 23.2 Å². The topological polar surface area (TPSA) is 90.7 Å². The molecule has 0 unspecified atom stereocenters. The van der Waals surface area contributed by atoms with E-state index in [0.29, 0.717) is 32.1 Å². The highest BCUT2D eigenvalue weighted by Crippen LogP contribution is 2.33. The lowest BCUT2D eigenvalue weighted by Gasteiger charge is -2.11. The lowest BCUT2D eigenvalue weighted by atomic mass is 10.2. The third-order valence-corrected chi connectivity index (χ3v) is 5.34. The Balaban J connectivity index is 1.77. The average molecular weight is 451 g/mol. The Bertz CT molecular complexity index is 1050. The van der Waals surface area contributed by atoms with Crippen molar-refractivity contribution in [3.8, 4) is 21.9 Å². The number of carbonyl (C=O) groups excluding carboxylic acids is 2. The predicted molar refractivity (Wildman–Crippen MR) is 115 cm³/mol. The molecule has 2 amide bonds. The zero-order valence-electron chi connectivity index (χ0n) is 15.2. The summed E-state index contributed by atoms with van der Waals surface area (Å²) in [6.07, 6.45) is 0. The van der Waals surface area contributed by atoms with Gasteiger partial charge in [-0.15, -0.1) is 11.3 Å². The zero-order chi connectivity index (χ0) is 21.0. The fraction of sp³-hybridized carbons (Fsp3) is 0.100.